The number of nitrogens with zero attached hydrogens (tertiary/aromatic N) is 1. The van der Waals surface area contributed by atoms with E-state index in [0.29, 0.717) is 6.42 Å². The molecule has 0 aromatic carbocycles. The molecule has 4 amide bonds. The number of hydrogen-bond donors (Lipinski definition) is 3. The average molecular weight is 405 g/mol. The van der Waals surface area contributed by atoms with Gasteiger partial charge in [-0.05, 0) is 12.8 Å². The number of hydrogen-bond acceptors (Lipinski definition) is 7. The first-order chi connectivity index (χ1) is 12.4. The first kappa shape index (κ1) is 19.1. The summed E-state index contributed by atoms with van der Waals surface area (Å²) < 4.78 is 19.9. The van der Waals surface area contributed by atoms with Crippen molar-refractivity contribution < 1.29 is 32.8 Å². The molecule has 0 bridgehead atoms. The third-order valence-corrected chi connectivity index (χ3v) is 6.92. The van der Waals surface area contributed by atoms with Crippen molar-refractivity contribution in [1.82, 2.24) is 15.7 Å². The van der Waals surface area contributed by atoms with Crippen LogP contribution in [0.2, 0.25) is 0 Å². The number of fused-ring (bicyclic) bond motifs is 1. The number of thioether (sulfide) groups is 1. The number of carbonyl (C=O) groups is 4. The molecule has 5 unspecified atom stereocenters. The van der Waals surface area contributed by atoms with Gasteiger partial charge in [0.05, 0.1) is 18.5 Å². The van der Waals surface area contributed by atoms with Gasteiger partial charge in [-0.15, -0.1) is 5.06 Å². The van der Waals surface area contributed by atoms with Gasteiger partial charge in [0, 0.05) is 17.4 Å². The summed E-state index contributed by atoms with van der Waals surface area (Å²) in [5, 5.41) is 4.96. The molecule has 3 fully saturated rings. The maximum Gasteiger partial charge on any atom is 0.333 e. The first-order valence-electron chi connectivity index (χ1n) is 8.22. The molecule has 10 nitrogen and oxygen atoms in total. The maximum atomic E-state index is 11.8. The van der Waals surface area contributed by atoms with E-state index in [0.717, 1.165) is 18.6 Å². The molecule has 0 aromatic rings. The highest BCUT2D eigenvalue weighted by Crippen LogP contribution is 2.33. The summed E-state index contributed by atoms with van der Waals surface area (Å²) >= 11 is -0.700. The Balaban J connectivity index is 1.37. The van der Waals surface area contributed by atoms with Gasteiger partial charge < -0.3 is 20.0 Å². The summed E-state index contributed by atoms with van der Waals surface area (Å²) in [5.74, 6) is -1.64. The van der Waals surface area contributed by atoms with Crippen molar-refractivity contribution in [2.45, 2.75) is 54.7 Å². The van der Waals surface area contributed by atoms with Crippen molar-refractivity contribution in [2.75, 3.05) is 5.75 Å². The minimum atomic E-state index is -2.48. The highest BCUT2D eigenvalue weighted by atomic mass is 32.2. The van der Waals surface area contributed by atoms with E-state index in [2.05, 4.69) is 10.6 Å². The topological polar surface area (TPSA) is 142 Å². The summed E-state index contributed by atoms with van der Waals surface area (Å²) in [4.78, 5) is 51.2. The van der Waals surface area contributed by atoms with E-state index in [4.69, 9.17) is 9.39 Å². The largest absolute Gasteiger partial charge is 0.333 e. The Bertz CT molecular complexity index is 658. The molecule has 144 valence electrons. The Morgan fingerprint density at radius 1 is 1.31 bits per heavy atom. The Morgan fingerprint density at radius 3 is 2.77 bits per heavy atom. The maximum absolute atomic E-state index is 11.8. The molecule has 3 rings (SSSR count). The quantitative estimate of drug-likeness (QED) is 0.223. The van der Waals surface area contributed by atoms with E-state index < -0.39 is 40.5 Å². The van der Waals surface area contributed by atoms with Crippen molar-refractivity contribution in [3.8, 4) is 0 Å². The van der Waals surface area contributed by atoms with Crippen molar-refractivity contribution >= 4 is 46.7 Å². The Kier molecular flexibility index (Phi) is 5.82. The predicted octanol–water partition coefficient (Wildman–Crippen LogP) is -0.480. The summed E-state index contributed by atoms with van der Waals surface area (Å²) in [6.07, 6.45) is 1.65. The molecule has 0 aliphatic carbocycles. The van der Waals surface area contributed by atoms with Gasteiger partial charge in [-0.3, -0.25) is 9.59 Å². The molecule has 3 heterocycles. The molecular weight excluding hydrogens is 386 g/mol. The van der Waals surface area contributed by atoms with Crippen LogP contribution in [0.25, 0.3) is 0 Å². The van der Waals surface area contributed by atoms with E-state index >= 15 is 0 Å². The van der Waals surface area contributed by atoms with Gasteiger partial charge in [0.15, 0.2) is 16.3 Å². The molecule has 3 N–H and O–H groups in total. The molecule has 12 heteroatoms. The second-order valence-corrected chi connectivity index (χ2v) is 8.72. The zero-order chi connectivity index (χ0) is 18.8. The first-order valence-corrected chi connectivity index (χ1v) is 10.4. The minimum Gasteiger partial charge on any atom is -0.332 e. The van der Waals surface area contributed by atoms with Crippen molar-refractivity contribution in [3.05, 3.63) is 0 Å². The number of nitrogens with one attached hydrogen (secondary N) is 2. The smallest absolute Gasteiger partial charge is 0.332 e. The fourth-order valence-corrected chi connectivity index (χ4v) is 5.34. The molecule has 26 heavy (non-hydrogen) atoms. The molecule has 3 aliphatic heterocycles. The van der Waals surface area contributed by atoms with Crippen LogP contribution in [0, 0.1) is 0 Å². The second-order valence-electron chi connectivity index (χ2n) is 6.33. The van der Waals surface area contributed by atoms with E-state index in [-0.39, 0.29) is 34.8 Å². The van der Waals surface area contributed by atoms with Crippen LogP contribution in [0.3, 0.4) is 0 Å². The lowest BCUT2D eigenvalue weighted by Crippen LogP contribution is -2.36. The van der Waals surface area contributed by atoms with Crippen LogP contribution in [0.15, 0.2) is 0 Å². The standard InChI is InChI=1S/C14H19N3O7S2/c18-10-5-9(26(22)23)13(20)17(10)24-11(19)4-2-1-3-8-12-7(6-25-8)15-14(21)16-12/h7-9,12H,1-6H2,(H,22,23)(H2,15,16,21). The zero-order valence-corrected chi connectivity index (χ0v) is 15.3. The van der Waals surface area contributed by atoms with E-state index in [9.17, 15) is 23.4 Å². The normalized spacial score (nSPS) is 31.6. The van der Waals surface area contributed by atoms with Crippen molar-refractivity contribution in [1.29, 1.82) is 0 Å². The van der Waals surface area contributed by atoms with Gasteiger partial charge in [0.1, 0.15) is 0 Å². The van der Waals surface area contributed by atoms with Crippen LogP contribution in [-0.4, -0.2) is 66.0 Å². The Morgan fingerprint density at radius 2 is 2.08 bits per heavy atom. The minimum absolute atomic E-state index is 0.0278. The highest BCUT2D eigenvalue weighted by molar-refractivity contribution is 8.00. The Labute approximate surface area is 156 Å². The van der Waals surface area contributed by atoms with Gasteiger partial charge in [-0.1, -0.05) is 6.42 Å². The number of hydroxylamine groups is 2. The summed E-state index contributed by atoms with van der Waals surface area (Å²) in [7, 11) is 0. The van der Waals surface area contributed by atoms with Gasteiger partial charge in [0.2, 0.25) is 0 Å². The van der Waals surface area contributed by atoms with Crippen molar-refractivity contribution in [2.24, 2.45) is 0 Å². The molecule has 3 aliphatic rings. The molecular formula is C14H19N3O7S2. The van der Waals surface area contributed by atoms with Gasteiger partial charge >= 0.3 is 12.0 Å². The third-order valence-electron chi connectivity index (χ3n) is 4.56. The average Bonchev–Trinajstić information content (AvgIpc) is 3.20. The fourth-order valence-electron chi connectivity index (χ4n) is 3.24. The van der Waals surface area contributed by atoms with Gasteiger partial charge in [0.25, 0.3) is 11.8 Å². The van der Waals surface area contributed by atoms with Crippen molar-refractivity contribution in [3.63, 3.8) is 0 Å². The third kappa shape index (κ3) is 4.01. The fraction of sp³-hybridized carbons (Fsp3) is 0.714. The molecule has 0 radical (unpaired) electrons. The molecule has 5 atom stereocenters. The van der Waals surface area contributed by atoms with Crippen LogP contribution in [-0.2, 0) is 30.3 Å². The summed E-state index contributed by atoms with van der Waals surface area (Å²) in [6.45, 7) is 0. The molecule has 0 saturated carbocycles. The Hall–Kier alpha value is -1.66. The van der Waals surface area contributed by atoms with Crippen LogP contribution < -0.4 is 10.6 Å². The van der Waals surface area contributed by atoms with Crippen LogP contribution in [0.4, 0.5) is 4.79 Å². The summed E-state index contributed by atoms with van der Waals surface area (Å²) in [6, 6.07) is 0.117. The van der Waals surface area contributed by atoms with Gasteiger partial charge in [-0.2, -0.15) is 11.8 Å². The second kappa shape index (κ2) is 7.92. The zero-order valence-electron chi connectivity index (χ0n) is 13.7. The molecule has 0 aromatic heterocycles. The van der Waals surface area contributed by atoms with Crippen LogP contribution in [0.1, 0.15) is 32.1 Å². The monoisotopic (exact) mass is 405 g/mol. The van der Waals surface area contributed by atoms with Crippen LogP contribution in [0.5, 0.6) is 0 Å². The molecule has 0 spiro atoms. The van der Waals surface area contributed by atoms with E-state index in [1.807, 2.05) is 0 Å². The predicted molar refractivity (Wildman–Crippen MR) is 91.1 cm³/mol. The van der Waals surface area contributed by atoms with Crippen LogP contribution >= 0.6 is 11.8 Å². The lowest BCUT2D eigenvalue weighted by atomic mass is 10.0. The van der Waals surface area contributed by atoms with E-state index in [1.165, 1.54) is 0 Å². The highest BCUT2D eigenvalue weighted by Gasteiger charge is 2.45. The number of rotatable bonds is 7. The number of unbranched alkanes of at least 4 members (excludes halogenated alkanes) is 1. The molecule has 3 saturated heterocycles. The lowest BCUT2D eigenvalue weighted by molar-refractivity contribution is -0.197. The number of imide groups is 1. The van der Waals surface area contributed by atoms with Gasteiger partial charge in [-0.25, -0.2) is 13.8 Å². The van der Waals surface area contributed by atoms with E-state index in [1.54, 1.807) is 11.8 Å². The SMILES string of the molecule is O=C1NC2CSC(CCCCC(=O)ON3C(=O)CC(S(=O)O)C3=O)C2N1. The lowest BCUT2D eigenvalue weighted by Gasteiger charge is -2.16. The summed E-state index contributed by atoms with van der Waals surface area (Å²) in [5.41, 5.74) is 0. The number of carbonyl (C=O) groups excluding carboxylic acids is 4. The number of amides is 4. The number of urea groups is 1.